The Morgan fingerprint density at radius 2 is 1.59 bits per heavy atom. The zero-order valence-electron chi connectivity index (χ0n) is 17.9. The van der Waals surface area contributed by atoms with E-state index in [0.29, 0.717) is 11.4 Å². The first-order chi connectivity index (χ1) is 15.3. The zero-order chi connectivity index (χ0) is 23.1. The molecule has 0 saturated carbocycles. The maximum atomic E-state index is 13.0. The Hall–Kier alpha value is -4.19. The lowest BCUT2D eigenvalue weighted by molar-refractivity contribution is -0.119. The molecule has 0 aliphatic rings. The quantitative estimate of drug-likeness (QED) is 0.535. The van der Waals surface area contributed by atoms with Crippen molar-refractivity contribution in [3.8, 4) is 0 Å². The predicted octanol–water partition coefficient (Wildman–Crippen LogP) is 4.69. The Labute approximate surface area is 186 Å². The summed E-state index contributed by atoms with van der Waals surface area (Å²) in [4.78, 5) is 38.1. The number of carboxylic acids is 1. The molecule has 0 radical (unpaired) electrons. The molecule has 2 amide bonds. The van der Waals surface area contributed by atoms with Gasteiger partial charge >= 0.3 is 5.97 Å². The van der Waals surface area contributed by atoms with Crippen LogP contribution in [0.3, 0.4) is 0 Å². The van der Waals surface area contributed by atoms with Crippen molar-refractivity contribution in [3.05, 3.63) is 101 Å². The molecule has 32 heavy (non-hydrogen) atoms. The molecule has 0 spiro atoms. The molecular formula is C26H24N2O4. The van der Waals surface area contributed by atoms with Crippen molar-refractivity contribution >= 4 is 35.2 Å². The Kier molecular flexibility index (Phi) is 7.18. The smallest absolute Gasteiger partial charge is 0.335 e. The third-order valence-electron chi connectivity index (χ3n) is 5.00. The maximum absolute atomic E-state index is 13.0. The van der Waals surface area contributed by atoms with Gasteiger partial charge in [0.1, 0.15) is 6.54 Å². The summed E-state index contributed by atoms with van der Waals surface area (Å²) >= 11 is 0. The third kappa shape index (κ3) is 5.92. The largest absolute Gasteiger partial charge is 0.478 e. The van der Waals surface area contributed by atoms with E-state index in [9.17, 15) is 14.4 Å². The van der Waals surface area contributed by atoms with Crippen LogP contribution in [0.2, 0.25) is 0 Å². The first-order valence-corrected chi connectivity index (χ1v) is 10.1. The van der Waals surface area contributed by atoms with Gasteiger partial charge in [-0.2, -0.15) is 0 Å². The Morgan fingerprint density at radius 1 is 0.906 bits per heavy atom. The van der Waals surface area contributed by atoms with Gasteiger partial charge in [0.2, 0.25) is 5.91 Å². The van der Waals surface area contributed by atoms with E-state index in [-0.39, 0.29) is 18.0 Å². The molecule has 0 fully saturated rings. The highest BCUT2D eigenvalue weighted by atomic mass is 16.4. The van der Waals surface area contributed by atoms with Crippen molar-refractivity contribution in [3.63, 3.8) is 0 Å². The molecule has 6 heteroatoms. The van der Waals surface area contributed by atoms with Crippen LogP contribution in [-0.4, -0.2) is 29.4 Å². The molecule has 3 aromatic rings. The van der Waals surface area contributed by atoms with E-state index in [1.807, 2.05) is 62.4 Å². The van der Waals surface area contributed by atoms with Gasteiger partial charge in [-0.3, -0.25) is 14.5 Å². The number of amides is 2. The summed E-state index contributed by atoms with van der Waals surface area (Å²) < 4.78 is 0. The van der Waals surface area contributed by atoms with Crippen LogP contribution >= 0.6 is 0 Å². The molecule has 0 heterocycles. The first-order valence-electron chi connectivity index (χ1n) is 10.1. The Bertz CT molecular complexity index is 1150. The van der Waals surface area contributed by atoms with Crippen molar-refractivity contribution in [1.82, 2.24) is 0 Å². The van der Waals surface area contributed by atoms with Gasteiger partial charge in [-0.1, -0.05) is 36.4 Å². The molecular weight excluding hydrogens is 404 g/mol. The average molecular weight is 428 g/mol. The number of rotatable bonds is 7. The second kappa shape index (κ2) is 10.2. The lowest BCUT2D eigenvalue weighted by Crippen LogP contribution is -2.37. The summed E-state index contributed by atoms with van der Waals surface area (Å²) in [5.41, 5.74) is 4.17. The van der Waals surface area contributed by atoms with Crippen LogP contribution in [-0.2, 0) is 9.59 Å². The molecule has 162 valence electrons. The van der Waals surface area contributed by atoms with E-state index >= 15 is 0 Å². The van der Waals surface area contributed by atoms with E-state index in [1.54, 1.807) is 6.08 Å². The molecule has 0 unspecified atom stereocenters. The van der Waals surface area contributed by atoms with E-state index in [0.717, 1.165) is 16.7 Å². The van der Waals surface area contributed by atoms with Crippen molar-refractivity contribution < 1.29 is 19.5 Å². The maximum Gasteiger partial charge on any atom is 0.335 e. The summed E-state index contributed by atoms with van der Waals surface area (Å²) in [6.45, 7) is 3.74. The van der Waals surface area contributed by atoms with E-state index in [2.05, 4.69) is 5.32 Å². The summed E-state index contributed by atoms with van der Waals surface area (Å²) in [6, 6.07) is 20.9. The Balaban J connectivity index is 1.80. The van der Waals surface area contributed by atoms with Crippen molar-refractivity contribution in [2.24, 2.45) is 0 Å². The molecule has 0 saturated heterocycles. The van der Waals surface area contributed by atoms with Crippen molar-refractivity contribution in [2.45, 2.75) is 13.8 Å². The minimum atomic E-state index is -1.04. The number of hydrogen-bond acceptors (Lipinski definition) is 3. The van der Waals surface area contributed by atoms with Crippen LogP contribution < -0.4 is 10.2 Å². The molecule has 0 bridgehead atoms. The van der Waals surface area contributed by atoms with Gasteiger partial charge in [-0.25, -0.2) is 4.79 Å². The number of carboxylic acid groups (broad SMARTS) is 1. The molecule has 0 aliphatic heterocycles. The number of nitrogens with zero attached hydrogens (tertiary/aromatic N) is 1. The summed E-state index contributed by atoms with van der Waals surface area (Å²) in [7, 11) is 0. The highest BCUT2D eigenvalue weighted by molar-refractivity contribution is 6.08. The third-order valence-corrected chi connectivity index (χ3v) is 5.00. The van der Waals surface area contributed by atoms with Gasteiger partial charge in [0.25, 0.3) is 5.91 Å². The van der Waals surface area contributed by atoms with Gasteiger partial charge in [0, 0.05) is 17.5 Å². The van der Waals surface area contributed by atoms with Crippen LogP contribution in [0.5, 0.6) is 0 Å². The van der Waals surface area contributed by atoms with Crippen LogP contribution in [0.1, 0.15) is 27.0 Å². The molecule has 2 N–H and O–H groups in total. The summed E-state index contributed by atoms with van der Waals surface area (Å²) in [6.07, 6.45) is 3.15. The van der Waals surface area contributed by atoms with E-state index in [4.69, 9.17) is 5.11 Å². The van der Waals surface area contributed by atoms with Crippen molar-refractivity contribution in [2.75, 3.05) is 16.8 Å². The van der Waals surface area contributed by atoms with Gasteiger partial charge in [0.15, 0.2) is 0 Å². The number of nitrogens with one attached hydrogen (secondary N) is 1. The predicted molar refractivity (Wildman–Crippen MR) is 126 cm³/mol. The fourth-order valence-electron chi connectivity index (χ4n) is 3.05. The van der Waals surface area contributed by atoms with Gasteiger partial charge in [-0.15, -0.1) is 0 Å². The molecule has 3 rings (SSSR count). The summed E-state index contributed by atoms with van der Waals surface area (Å²) in [5, 5.41) is 11.7. The minimum absolute atomic E-state index is 0.126. The van der Waals surface area contributed by atoms with Crippen LogP contribution in [0.25, 0.3) is 6.08 Å². The number of carbonyl (C=O) groups excluding carboxylic acids is 2. The number of aromatic carboxylic acids is 1. The monoisotopic (exact) mass is 428 g/mol. The van der Waals surface area contributed by atoms with E-state index in [1.165, 1.54) is 35.2 Å². The molecule has 0 atom stereocenters. The number of anilines is 2. The average Bonchev–Trinajstić information content (AvgIpc) is 2.79. The Morgan fingerprint density at radius 3 is 2.22 bits per heavy atom. The topological polar surface area (TPSA) is 86.7 Å². The van der Waals surface area contributed by atoms with Gasteiger partial charge < -0.3 is 10.4 Å². The zero-order valence-corrected chi connectivity index (χ0v) is 17.9. The van der Waals surface area contributed by atoms with Crippen LogP contribution in [0.15, 0.2) is 78.9 Å². The fourth-order valence-corrected chi connectivity index (χ4v) is 3.05. The normalized spacial score (nSPS) is 10.7. The second-order valence-corrected chi connectivity index (χ2v) is 7.37. The second-order valence-electron chi connectivity index (χ2n) is 7.37. The SMILES string of the molecule is Cc1ccc(N(CC(=O)Nc2ccc(C(=O)O)cc2)C(=O)/C=C/c2ccccc2)cc1C. The highest BCUT2D eigenvalue weighted by Gasteiger charge is 2.18. The number of carbonyl (C=O) groups is 3. The highest BCUT2D eigenvalue weighted by Crippen LogP contribution is 2.20. The van der Waals surface area contributed by atoms with Gasteiger partial charge in [0.05, 0.1) is 5.56 Å². The number of aryl methyl sites for hydroxylation is 2. The number of benzene rings is 3. The standard InChI is InChI=1S/C26H24N2O4/c1-18-8-14-23(16-19(18)2)28(25(30)15-9-20-6-4-3-5-7-20)17-24(29)27-22-12-10-21(11-13-22)26(31)32/h3-16H,17H2,1-2H3,(H,27,29)(H,31,32)/b15-9+. The first kappa shape index (κ1) is 22.5. The lowest BCUT2D eigenvalue weighted by atomic mass is 10.1. The molecule has 6 nitrogen and oxygen atoms in total. The summed E-state index contributed by atoms with van der Waals surface area (Å²) in [5.74, 6) is -1.76. The van der Waals surface area contributed by atoms with E-state index < -0.39 is 11.9 Å². The van der Waals surface area contributed by atoms with Crippen LogP contribution in [0.4, 0.5) is 11.4 Å². The molecule has 0 aliphatic carbocycles. The minimum Gasteiger partial charge on any atom is -0.478 e. The lowest BCUT2D eigenvalue weighted by Gasteiger charge is -2.22. The van der Waals surface area contributed by atoms with Gasteiger partial charge in [-0.05, 0) is 73.0 Å². The molecule has 0 aromatic heterocycles. The van der Waals surface area contributed by atoms with Crippen LogP contribution in [0, 0.1) is 13.8 Å². The fraction of sp³-hybridized carbons (Fsp3) is 0.115. The van der Waals surface area contributed by atoms with Crippen molar-refractivity contribution in [1.29, 1.82) is 0 Å². The number of hydrogen-bond donors (Lipinski definition) is 2. The molecule has 3 aromatic carbocycles.